The Hall–Kier alpha value is -2.38. The van der Waals surface area contributed by atoms with E-state index < -0.39 is 53.9 Å². The van der Waals surface area contributed by atoms with E-state index in [1.165, 1.54) is 6.92 Å². The van der Waals surface area contributed by atoms with Crippen molar-refractivity contribution in [1.82, 2.24) is 14.6 Å². The second kappa shape index (κ2) is 11.8. The number of aromatic amines is 1. The molecule has 1 aliphatic rings. The first-order valence-corrected chi connectivity index (χ1v) is 14.6. The lowest BCUT2D eigenvalue weighted by molar-refractivity contribution is -0.148. The van der Waals surface area contributed by atoms with E-state index in [9.17, 15) is 24.6 Å². The largest absolute Gasteiger partial charge is 0.464 e. The first-order valence-electron chi connectivity index (χ1n) is 11.9. The summed E-state index contributed by atoms with van der Waals surface area (Å²) in [5.74, 6) is -0.164. The Morgan fingerprint density at radius 1 is 1.29 bits per heavy atom. The Labute approximate surface area is 225 Å². The van der Waals surface area contributed by atoms with Gasteiger partial charge in [-0.3, -0.25) is 19.1 Å². The van der Waals surface area contributed by atoms with E-state index in [1.807, 2.05) is 20.8 Å². The van der Waals surface area contributed by atoms with E-state index in [0.717, 1.165) is 16.8 Å². The Morgan fingerprint density at radius 3 is 2.55 bits per heavy atom. The number of aliphatic hydroxyl groups is 2. The first kappa shape index (κ1) is 30.2. The molecule has 210 valence electrons. The molecule has 0 aliphatic carbocycles. The van der Waals surface area contributed by atoms with Crippen LogP contribution < -0.4 is 20.9 Å². The van der Waals surface area contributed by atoms with Crippen LogP contribution in [0, 0.1) is 5.41 Å². The van der Waals surface area contributed by atoms with Gasteiger partial charge in [0.15, 0.2) is 6.23 Å². The molecule has 14 heteroatoms. The maximum atomic E-state index is 12.6. The van der Waals surface area contributed by atoms with Crippen molar-refractivity contribution in [2.45, 2.75) is 64.7 Å². The summed E-state index contributed by atoms with van der Waals surface area (Å²) < 4.78 is 24.0. The molecule has 1 fully saturated rings. The molecule has 0 bridgehead atoms. The molecule has 1 unspecified atom stereocenters. The predicted octanol–water partition coefficient (Wildman–Crippen LogP) is 1.43. The number of hydrogen-bond acceptors (Lipinski definition) is 10. The molecule has 3 rings (SSSR count). The van der Waals surface area contributed by atoms with E-state index >= 15 is 0 Å². The van der Waals surface area contributed by atoms with Gasteiger partial charge in [-0.25, -0.2) is 9.88 Å². The van der Waals surface area contributed by atoms with Gasteiger partial charge in [0.25, 0.3) is 5.56 Å². The van der Waals surface area contributed by atoms with Crippen LogP contribution in [0.4, 0.5) is 0 Å². The highest BCUT2D eigenvalue weighted by molar-refractivity contribution is 8.09. The average molecular weight is 572 g/mol. The van der Waals surface area contributed by atoms with Gasteiger partial charge < -0.3 is 28.7 Å². The number of rotatable bonds is 10. The molecule has 0 radical (unpaired) electrons. The third-order valence-corrected chi connectivity index (χ3v) is 8.09. The van der Waals surface area contributed by atoms with Gasteiger partial charge in [-0.15, -0.1) is 0 Å². The quantitative estimate of drug-likeness (QED) is 0.241. The van der Waals surface area contributed by atoms with Crippen molar-refractivity contribution in [2.75, 3.05) is 13.2 Å². The van der Waals surface area contributed by atoms with Gasteiger partial charge >= 0.3 is 18.3 Å². The minimum Gasteiger partial charge on any atom is -0.464 e. The SMILES string of the molecule is C[C@H](NP(=S)(OC[C@H]1O[C@@H](n2ccc(=O)[nH]c2=O)[C@](C)(O)[C@@H]1O)Oc1ccccc1)C(=O)OCC(C)(C)C. The molecule has 2 heterocycles. The highest BCUT2D eigenvalue weighted by Crippen LogP contribution is 2.47. The van der Waals surface area contributed by atoms with E-state index in [1.54, 1.807) is 37.3 Å². The number of para-hydroxylation sites is 1. The monoisotopic (exact) mass is 571 g/mol. The van der Waals surface area contributed by atoms with Gasteiger partial charge in [0.05, 0.1) is 13.2 Å². The summed E-state index contributed by atoms with van der Waals surface area (Å²) in [4.78, 5) is 38.4. The maximum absolute atomic E-state index is 12.6. The summed E-state index contributed by atoms with van der Waals surface area (Å²) in [7, 11) is 0. The Kier molecular flexibility index (Phi) is 9.36. The van der Waals surface area contributed by atoms with Crippen LogP contribution in [0.3, 0.4) is 0 Å². The summed E-state index contributed by atoms with van der Waals surface area (Å²) in [5.41, 5.74) is -3.59. The number of hydrogen-bond donors (Lipinski definition) is 4. The van der Waals surface area contributed by atoms with Crippen LogP contribution in [0.5, 0.6) is 5.75 Å². The zero-order valence-electron chi connectivity index (χ0n) is 21.8. The first-order chi connectivity index (χ1) is 17.6. The number of aromatic nitrogens is 2. The Bertz CT molecular complexity index is 1280. The van der Waals surface area contributed by atoms with Crippen molar-refractivity contribution in [3.63, 3.8) is 0 Å². The highest BCUT2D eigenvalue weighted by atomic mass is 32.5. The van der Waals surface area contributed by atoms with Crippen LogP contribution >= 0.6 is 6.64 Å². The zero-order chi connectivity index (χ0) is 28.3. The molecule has 2 aromatic rings. The molecule has 0 saturated carbocycles. The number of ether oxygens (including phenoxy) is 2. The van der Waals surface area contributed by atoms with E-state index in [0.29, 0.717) is 5.75 Å². The zero-order valence-corrected chi connectivity index (χ0v) is 23.5. The molecule has 4 N–H and O–H groups in total. The standard InChI is InChI=1S/C24H34N3O9PS/c1-15(20(30)33-14-23(2,3)4)26-37(38,36-16-9-7-6-8-10-16)34-13-17-19(29)24(5,32)21(35-17)27-12-11-18(28)25-22(27)31/h6-12,15,17,19,21,29,32H,13-14H2,1-5H3,(H,26,38)(H,25,28,31)/t15-,17+,19+,21+,24+,37?/m0/s1. The lowest BCUT2D eigenvalue weighted by atomic mass is 9.96. The topological polar surface area (TPSA) is 161 Å². The number of nitrogens with zero attached hydrogens (tertiary/aromatic N) is 1. The van der Waals surface area contributed by atoms with Gasteiger partial charge in [-0.05, 0) is 43.2 Å². The molecular formula is C24H34N3O9PS. The normalized spacial score (nSPS) is 25.9. The Morgan fingerprint density at radius 2 is 1.95 bits per heavy atom. The van der Waals surface area contributed by atoms with Gasteiger partial charge in [-0.2, -0.15) is 0 Å². The van der Waals surface area contributed by atoms with Crippen LogP contribution in [0.2, 0.25) is 0 Å². The number of nitrogens with one attached hydrogen (secondary N) is 2. The van der Waals surface area contributed by atoms with Gasteiger partial charge in [0, 0.05) is 12.3 Å². The van der Waals surface area contributed by atoms with Crippen molar-refractivity contribution >= 4 is 24.4 Å². The number of aliphatic hydroxyl groups excluding tert-OH is 1. The molecule has 1 saturated heterocycles. The van der Waals surface area contributed by atoms with E-state index in [4.69, 9.17) is 30.3 Å². The van der Waals surface area contributed by atoms with E-state index in [-0.39, 0.29) is 18.6 Å². The number of H-pyrrole nitrogens is 1. The van der Waals surface area contributed by atoms with Crippen LogP contribution in [0.25, 0.3) is 0 Å². The maximum Gasteiger partial charge on any atom is 0.330 e. The molecule has 12 nitrogen and oxygen atoms in total. The summed E-state index contributed by atoms with van der Waals surface area (Å²) in [6, 6.07) is 8.80. The van der Waals surface area contributed by atoms with Gasteiger partial charge in [-0.1, -0.05) is 39.0 Å². The lowest BCUT2D eigenvalue weighted by Gasteiger charge is -2.29. The van der Waals surface area contributed by atoms with E-state index in [2.05, 4.69) is 10.1 Å². The van der Waals surface area contributed by atoms with Crippen molar-refractivity contribution in [3.05, 3.63) is 63.4 Å². The molecule has 1 aliphatic heterocycles. The minimum atomic E-state index is -3.45. The van der Waals surface area contributed by atoms with Gasteiger partial charge in [0.1, 0.15) is 29.6 Å². The number of carbonyl (C=O) groups is 1. The third-order valence-electron chi connectivity index (χ3n) is 5.59. The molecule has 1 aromatic heterocycles. The molecule has 1 aromatic carbocycles. The average Bonchev–Trinajstić information content (AvgIpc) is 3.04. The fourth-order valence-corrected chi connectivity index (χ4v) is 5.99. The second-order valence-corrected chi connectivity index (χ2v) is 13.6. The smallest absolute Gasteiger partial charge is 0.330 e. The highest BCUT2D eigenvalue weighted by Gasteiger charge is 2.53. The van der Waals surface area contributed by atoms with Crippen molar-refractivity contribution in [1.29, 1.82) is 0 Å². The summed E-state index contributed by atoms with van der Waals surface area (Å²) in [6.45, 7) is 5.04. The van der Waals surface area contributed by atoms with Crippen LogP contribution in [0.15, 0.2) is 52.2 Å². The molecule has 0 spiro atoms. The molecule has 38 heavy (non-hydrogen) atoms. The summed E-state index contributed by atoms with van der Waals surface area (Å²) in [6.07, 6.45) is -2.81. The number of esters is 1. The third kappa shape index (κ3) is 7.60. The summed E-state index contributed by atoms with van der Waals surface area (Å²) in [5, 5.41) is 24.6. The lowest BCUT2D eigenvalue weighted by Crippen LogP contribution is -2.47. The van der Waals surface area contributed by atoms with Crippen molar-refractivity contribution < 1.29 is 33.5 Å². The molecule has 0 amide bonds. The molecule has 6 atom stereocenters. The second-order valence-electron chi connectivity index (χ2n) is 10.4. The number of carbonyl (C=O) groups excluding carboxylic acids is 1. The van der Waals surface area contributed by atoms with Gasteiger partial charge in [0.2, 0.25) is 0 Å². The van der Waals surface area contributed by atoms with Crippen molar-refractivity contribution in [2.24, 2.45) is 5.41 Å². The predicted molar refractivity (Wildman–Crippen MR) is 142 cm³/mol. The van der Waals surface area contributed by atoms with Crippen LogP contribution in [-0.4, -0.2) is 62.8 Å². The Balaban J connectivity index is 1.78. The van der Waals surface area contributed by atoms with Crippen LogP contribution in [0.1, 0.15) is 40.8 Å². The fraction of sp³-hybridized carbons (Fsp3) is 0.542. The van der Waals surface area contributed by atoms with Crippen LogP contribution in [-0.2, 0) is 30.6 Å². The fourth-order valence-electron chi connectivity index (χ4n) is 3.57. The number of benzene rings is 1. The van der Waals surface area contributed by atoms with Crippen molar-refractivity contribution in [3.8, 4) is 5.75 Å². The summed E-state index contributed by atoms with van der Waals surface area (Å²) >= 11 is 5.68. The minimum absolute atomic E-state index is 0.198. The molecular weight excluding hydrogens is 537 g/mol.